The highest BCUT2D eigenvalue weighted by molar-refractivity contribution is 5.99. The van der Waals surface area contributed by atoms with Gasteiger partial charge in [-0.15, -0.1) is 0 Å². The molecule has 0 unspecified atom stereocenters. The first-order valence-electron chi connectivity index (χ1n) is 8.90. The van der Waals surface area contributed by atoms with Gasteiger partial charge in [-0.1, -0.05) is 0 Å². The first-order valence-corrected chi connectivity index (χ1v) is 8.90. The van der Waals surface area contributed by atoms with Gasteiger partial charge in [0.2, 0.25) is 17.6 Å². The van der Waals surface area contributed by atoms with E-state index >= 15 is 0 Å². The molecule has 1 atom stereocenters. The fourth-order valence-electron chi connectivity index (χ4n) is 3.03. The van der Waals surface area contributed by atoms with E-state index in [4.69, 9.17) is 9.15 Å². The zero-order valence-corrected chi connectivity index (χ0v) is 15.6. The van der Waals surface area contributed by atoms with Crippen molar-refractivity contribution in [2.75, 3.05) is 18.5 Å². The predicted octanol–water partition coefficient (Wildman–Crippen LogP) is 2.15. The molecule has 8 nitrogen and oxygen atoms in total. The molecule has 1 aliphatic heterocycles. The van der Waals surface area contributed by atoms with Gasteiger partial charge >= 0.3 is 5.97 Å². The maximum absolute atomic E-state index is 14.1. The Hall–Kier alpha value is -3.49. The first-order chi connectivity index (χ1) is 13.8. The summed E-state index contributed by atoms with van der Waals surface area (Å²) in [5.74, 6) is -2.93. The van der Waals surface area contributed by atoms with Gasteiger partial charge in [0.25, 0.3) is 0 Å². The number of furan rings is 1. The van der Waals surface area contributed by atoms with Crippen molar-refractivity contribution in [3.8, 4) is 0 Å². The molecule has 2 heterocycles. The lowest BCUT2D eigenvalue weighted by molar-refractivity contribution is -0.147. The molecule has 0 bridgehead atoms. The lowest BCUT2D eigenvalue weighted by Crippen LogP contribution is -2.27. The molecule has 152 valence electrons. The zero-order valence-electron chi connectivity index (χ0n) is 15.6. The second kappa shape index (κ2) is 8.68. The fraction of sp³-hybridized carbons (Fsp3) is 0.300. The number of hydrogen-bond donors (Lipinski definition) is 1. The monoisotopic (exact) mass is 402 g/mol. The number of likely N-dealkylation sites (tertiary alicyclic amines) is 1. The minimum Gasteiger partial charge on any atom is -0.467 e. The summed E-state index contributed by atoms with van der Waals surface area (Å²) in [6, 6.07) is 7.03. The molecule has 9 heteroatoms. The van der Waals surface area contributed by atoms with Crippen molar-refractivity contribution in [2.24, 2.45) is 5.92 Å². The number of carbonyl (C=O) groups is 4. The molecule has 2 aromatic rings. The van der Waals surface area contributed by atoms with Gasteiger partial charge in [0, 0.05) is 25.6 Å². The smallest absolute Gasteiger partial charge is 0.311 e. The maximum atomic E-state index is 14.1. The third kappa shape index (κ3) is 5.07. The number of anilines is 1. The van der Waals surface area contributed by atoms with Crippen LogP contribution in [0.1, 0.15) is 29.5 Å². The summed E-state index contributed by atoms with van der Waals surface area (Å²) >= 11 is 0. The number of hydrogen-bond acceptors (Lipinski definition) is 6. The van der Waals surface area contributed by atoms with E-state index in [9.17, 15) is 23.6 Å². The van der Waals surface area contributed by atoms with E-state index in [1.807, 2.05) is 0 Å². The minimum absolute atomic E-state index is 0.0203. The predicted molar refractivity (Wildman–Crippen MR) is 98.2 cm³/mol. The van der Waals surface area contributed by atoms with Crippen molar-refractivity contribution in [1.29, 1.82) is 0 Å². The quantitative estimate of drug-likeness (QED) is 0.562. The highest BCUT2D eigenvalue weighted by atomic mass is 19.1. The molecule has 1 aliphatic rings. The van der Waals surface area contributed by atoms with Crippen LogP contribution in [0, 0.1) is 11.7 Å². The Kier molecular flexibility index (Phi) is 6.06. The van der Waals surface area contributed by atoms with Crippen LogP contribution >= 0.6 is 0 Å². The average molecular weight is 402 g/mol. The van der Waals surface area contributed by atoms with Crippen LogP contribution in [0.5, 0.6) is 0 Å². The number of rotatable bonds is 7. The number of ketones is 1. The van der Waals surface area contributed by atoms with Crippen LogP contribution in [-0.4, -0.2) is 41.6 Å². The Morgan fingerprint density at radius 1 is 1.31 bits per heavy atom. The molecule has 0 spiro atoms. The van der Waals surface area contributed by atoms with Crippen LogP contribution in [0.25, 0.3) is 0 Å². The number of nitrogens with zero attached hydrogens (tertiary/aromatic N) is 1. The highest BCUT2D eigenvalue weighted by Crippen LogP contribution is 2.22. The molecule has 2 amide bonds. The van der Waals surface area contributed by atoms with Crippen LogP contribution in [0.2, 0.25) is 0 Å². The van der Waals surface area contributed by atoms with E-state index in [0.717, 1.165) is 6.07 Å². The van der Waals surface area contributed by atoms with Gasteiger partial charge in [0.15, 0.2) is 6.61 Å². The van der Waals surface area contributed by atoms with E-state index in [0.29, 0.717) is 5.76 Å². The van der Waals surface area contributed by atoms with Crippen molar-refractivity contribution >= 4 is 29.3 Å². The van der Waals surface area contributed by atoms with Crippen LogP contribution in [0.3, 0.4) is 0 Å². The molecule has 0 saturated carbocycles. The lowest BCUT2D eigenvalue weighted by atomic mass is 10.1. The molecular weight excluding hydrogens is 383 g/mol. The molecule has 1 fully saturated rings. The average Bonchev–Trinajstić information content (AvgIpc) is 3.29. The molecule has 0 radical (unpaired) electrons. The summed E-state index contributed by atoms with van der Waals surface area (Å²) in [6.07, 6.45) is 1.47. The molecular formula is C20H19FN2O6. The number of carbonyl (C=O) groups excluding carboxylic acids is 4. The molecule has 29 heavy (non-hydrogen) atoms. The van der Waals surface area contributed by atoms with Gasteiger partial charge in [-0.25, -0.2) is 4.39 Å². The largest absolute Gasteiger partial charge is 0.467 e. The lowest BCUT2D eigenvalue weighted by Gasteiger charge is -2.14. The van der Waals surface area contributed by atoms with Gasteiger partial charge in [-0.05, 0) is 30.3 Å². The second-order valence-corrected chi connectivity index (χ2v) is 6.66. The zero-order chi connectivity index (χ0) is 21.0. The SMILES string of the molecule is CC(=O)Nc1ccc(C(=O)COC(=O)[C@@H]2CC(=O)N(Cc3ccco3)C2)c(F)c1. The Morgan fingerprint density at radius 2 is 2.10 bits per heavy atom. The molecule has 3 rings (SSSR count). The highest BCUT2D eigenvalue weighted by Gasteiger charge is 2.36. The topological polar surface area (TPSA) is 106 Å². The first kappa shape index (κ1) is 20.2. The van der Waals surface area contributed by atoms with Gasteiger partial charge in [0.1, 0.15) is 11.6 Å². The molecule has 1 saturated heterocycles. The van der Waals surface area contributed by atoms with Crippen molar-refractivity contribution in [3.63, 3.8) is 0 Å². The Labute approximate surface area is 165 Å². The second-order valence-electron chi connectivity index (χ2n) is 6.66. The van der Waals surface area contributed by atoms with Crippen molar-refractivity contribution in [3.05, 3.63) is 53.7 Å². The van der Waals surface area contributed by atoms with Crippen LogP contribution < -0.4 is 5.32 Å². The summed E-state index contributed by atoms with van der Waals surface area (Å²) in [7, 11) is 0. The van der Waals surface area contributed by atoms with Crippen LogP contribution in [0.4, 0.5) is 10.1 Å². The van der Waals surface area contributed by atoms with Gasteiger partial charge < -0.3 is 19.4 Å². The number of ether oxygens (including phenoxy) is 1. The van der Waals surface area contributed by atoms with E-state index in [-0.39, 0.29) is 42.6 Å². The van der Waals surface area contributed by atoms with Crippen molar-refractivity contribution in [2.45, 2.75) is 19.9 Å². The third-order valence-electron chi connectivity index (χ3n) is 4.41. The summed E-state index contributed by atoms with van der Waals surface area (Å²) in [5.41, 5.74) is -0.0430. The molecule has 0 aliphatic carbocycles. The van der Waals surface area contributed by atoms with Crippen LogP contribution in [-0.2, 0) is 25.7 Å². The summed E-state index contributed by atoms with van der Waals surface area (Å²) in [5, 5.41) is 2.40. The third-order valence-corrected chi connectivity index (χ3v) is 4.41. The molecule has 1 N–H and O–H groups in total. The van der Waals surface area contributed by atoms with Gasteiger partial charge in [0.05, 0.1) is 24.3 Å². The summed E-state index contributed by atoms with van der Waals surface area (Å²) < 4.78 is 24.3. The minimum atomic E-state index is -0.835. The number of Topliss-reactive ketones (excluding diaryl/α,β-unsaturated/α-hetero) is 1. The standard InChI is InChI=1S/C20H19FN2O6/c1-12(24)22-14-4-5-16(17(21)8-14)18(25)11-29-20(27)13-7-19(26)23(9-13)10-15-3-2-6-28-15/h2-6,8,13H,7,9-11H2,1H3,(H,22,24)/t13-/m1/s1. The van der Waals surface area contributed by atoms with Gasteiger partial charge in [-0.2, -0.15) is 0 Å². The van der Waals surface area contributed by atoms with E-state index in [1.54, 1.807) is 12.1 Å². The number of esters is 1. The Morgan fingerprint density at radius 3 is 2.76 bits per heavy atom. The Balaban J connectivity index is 1.53. The molecule has 1 aromatic heterocycles. The number of nitrogens with one attached hydrogen (secondary N) is 1. The van der Waals surface area contributed by atoms with E-state index in [1.165, 1.54) is 30.2 Å². The Bertz CT molecular complexity index is 940. The number of benzene rings is 1. The van der Waals surface area contributed by atoms with E-state index in [2.05, 4.69) is 5.32 Å². The van der Waals surface area contributed by atoms with Crippen molar-refractivity contribution < 1.29 is 32.7 Å². The normalized spacial score (nSPS) is 16.0. The fourth-order valence-corrected chi connectivity index (χ4v) is 3.03. The maximum Gasteiger partial charge on any atom is 0.311 e. The summed E-state index contributed by atoms with van der Waals surface area (Å²) in [4.78, 5) is 48.9. The summed E-state index contributed by atoms with van der Waals surface area (Å²) in [6.45, 7) is 1.05. The van der Waals surface area contributed by atoms with Crippen LogP contribution in [0.15, 0.2) is 41.0 Å². The number of amides is 2. The van der Waals surface area contributed by atoms with Gasteiger partial charge in [-0.3, -0.25) is 19.2 Å². The molecule has 1 aromatic carbocycles. The number of halogens is 1. The van der Waals surface area contributed by atoms with E-state index < -0.39 is 30.1 Å². The van der Waals surface area contributed by atoms with Crippen molar-refractivity contribution in [1.82, 2.24) is 4.90 Å².